The average molecular weight is 743 g/mol. The summed E-state index contributed by atoms with van der Waals surface area (Å²) in [6.45, 7) is 7.11. The number of piperidine rings is 2. The van der Waals surface area contributed by atoms with Crippen LogP contribution in [0.2, 0.25) is 0 Å². The molecule has 5 aliphatic heterocycles. The lowest BCUT2D eigenvalue weighted by Gasteiger charge is -2.40. The number of rotatable bonds is 10. The van der Waals surface area contributed by atoms with E-state index in [1.807, 2.05) is 40.1 Å². The van der Waals surface area contributed by atoms with E-state index in [4.69, 9.17) is 30.6 Å². The molecule has 53 heavy (non-hydrogen) atoms. The molecule has 16 nitrogen and oxygen atoms in total. The molecule has 0 spiro atoms. The van der Waals surface area contributed by atoms with E-state index in [2.05, 4.69) is 0 Å². The Labute approximate surface area is 312 Å². The van der Waals surface area contributed by atoms with Gasteiger partial charge in [0, 0.05) is 97.8 Å². The van der Waals surface area contributed by atoms with Gasteiger partial charge in [0.05, 0.1) is 13.2 Å². The van der Waals surface area contributed by atoms with Crippen LogP contribution in [-0.4, -0.2) is 164 Å². The van der Waals surface area contributed by atoms with Crippen molar-refractivity contribution in [2.24, 2.45) is 23.5 Å². The van der Waals surface area contributed by atoms with Gasteiger partial charge in [-0.05, 0) is 43.1 Å². The van der Waals surface area contributed by atoms with E-state index in [9.17, 15) is 19.2 Å². The Morgan fingerprint density at radius 3 is 1.66 bits per heavy atom. The number of hydrogen-bond donors (Lipinski definition) is 2. The van der Waals surface area contributed by atoms with Crippen molar-refractivity contribution in [1.82, 2.24) is 29.6 Å². The molecule has 16 heteroatoms. The summed E-state index contributed by atoms with van der Waals surface area (Å²) in [6, 6.07) is 9.69. The zero-order valence-electron chi connectivity index (χ0n) is 30.9. The van der Waals surface area contributed by atoms with E-state index >= 15 is 0 Å². The smallest absolute Gasteiger partial charge is 0.410 e. The normalized spacial score (nSPS) is 25.7. The minimum atomic E-state index is -0.677. The van der Waals surface area contributed by atoms with Crippen LogP contribution in [0.25, 0.3) is 0 Å². The minimum absolute atomic E-state index is 0.0730. The van der Waals surface area contributed by atoms with Crippen LogP contribution in [0.3, 0.4) is 0 Å². The monoisotopic (exact) mass is 742 g/mol. The number of ether oxygens (including phenoxy) is 4. The molecule has 5 aliphatic rings. The molecule has 0 bridgehead atoms. The molecule has 3 atom stereocenters. The number of benzene rings is 1. The highest BCUT2D eigenvalue weighted by molar-refractivity contribution is 5.77. The lowest BCUT2D eigenvalue weighted by atomic mass is 9.93. The van der Waals surface area contributed by atoms with Gasteiger partial charge in [-0.1, -0.05) is 30.3 Å². The zero-order chi connectivity index (χ0) is 37.2. The van der Waals surface area contributed by atoms with Gasteiger partial charge in [-0.3, -0.25) is 21.3 Å². The van der Waals surface area contributed by atoms with Crippen molar-refractivity contribution in [3.8, 4) is 0 Å². The van der Waals surface area contributed by atoms with Crippen molar-refractivity contribution >= 4 is 24.0 Å². The van der Waals surface area contributed by atoms with Crippen LogP contribution < -0.4 is 11.7 Å². The Morgan fingerprint density at radius 1 is 0.642 bits per heavy atom. The molecule has 1 aromatic carbocycles. The molecule has 1 aromatic rings. The molecule has 5 saturated heterocycles. The first-order chi connectivity index (χ1) is 25.7. The van der Waals surface area contributed by atoms with Gasteiger partial charge in [-0.2, -0.15) is 0 Å². The third-order valence-electron chi connectivity index (χ3n) is 11.4. The van der Waals surface area contributed by atoms with Crippen LogP contribution in [0.5, 0.6) is 0 Å². The predicted molar refractivity (Wildman–Crippen MR) is 194 cm³/mol. The van der Waals surface area contributed by atoms with Crippen LogP contribution in [0.4, 0.5) is 9.59 Å². The first kappa shape index (κ1) is 39.2. The van der Waals surface area contributed by atoms with E-state index in [-0.39, 0.29) is 25.0 Å². The first-order valence-electron chi connectivity index (χ1n) is 19.4. The molecule has 5 heterocycles. The summed E-state index contributed by atoms with van der Waals surface area (Å²) in [5.41, 5.74) is 0.950. The van der Waals surface area contributed by atoms with Crippen molar-refractivity contribution < 1.29 is 38.1 Å². The summed E-state index contributed by atoms with van der Waals surface area (Å²) >= 11 is 0. The third-order valence-corrected chi connectivity index (χ3v) is 11.4. The summed E-state index contributed by atoms with van der Waals surface area (Å²) in [4.78, 5) is 59.5. The van der Waals surface area contributed by atoms with Crippen molar-refractivity contribution in [2.75, 3.05) is 91.8 Å². The Kier molecular flexibility index (Phi) is 14.2. The number of hydrogen-bond acceptors (Lipinski definition) is 12. The second-order valence-corrected chi connectivity index (χ2v) is 15.1. The lowest BCUT2D eigenvalue weighted by molar-refractivity contribution is -0.178. The van der Waals surface area contributed by atoms with Crippen molar-refractivity contribution in [1.29, 1.82) is 0 Å². The SMILES string of the molecule is NN1CCC(CC(=O)N2CCN(C(=O)OC[C@H]3OCC[C@@H](OC(=O)N4CCN(C(=O)CC5CCN(N)CC5)CC4)[C@@H]3OCc3ccccc3)CC2)CC1. The van der Waals surface area contributed by atoms with Gasteiger partial charge in [0.25, 0.3) is 0 Å². The number of amides is 4. The second kappa shape index (κ2) is 19.2. The Bertz CT molecular complexity index is 1340. The third kappa shape index (κ3) is 11.2. The predicted octanol–water partition coefficient (Wildman–Crippen LogP) is 1.24. The van der Waals surface area contributed by atoms with Crippen LogP contribution in [0.1, 0.15) is 50.5 Å². The number of nitrogens with two attached hydrogens (primary N) is 2. The van der Waals surface area contributed by atoms with Gasteiger partial charge in [-0.25, -0.2) is 19.6 Å². The second-order valence-electron chi connectivity index (χ2n) is 15.1. The zero-order valence-corrected chi connectivity index (χ0v) is 30.9. The van der Waals surface area contributed by atoms with Gasteiger partial charge in [-0.15, -0.1) is 0 Å². The average Bonchev–Trinajstić information content (AvgIpc) is 3.18. The van der Waals surface area contributed by atoms with Crippen molar-refractivity contribution in [2.45, 2.75) is 69.9 Å². The maximum Gasteiger partial charge on any atom is 0.410 e. The highest BCUT2D eigenvalue weighted by Gasteiger charge is 2.40. The van der Waals surface area contributed by atoms with Crippen molar-refractivity contribution in [3.05, 3.63) is 35.9 Å². The number of carbonyl (C=O) groups excluding carboxylic acids is 4. The van der Waals surface area contributed by atoms with Gasteiger partial charge in [0.2, 0.25) is 11.8 Å². The fraction of sp³-hybridized carbons (Fsp3) is 0.730. The molecule has 4 N–H and O–H groups in total. The number of carbonyl (C=O) groups is 4. The van der Waals surface area contributed by atoms with Crippen molar-refractivity contribution in [3.63, 3.8) is 0 Å². The van der Waals surface area contributed by atoms with Gasteiger partial charge in [0.1, 0.15) is 24.9 Å². The summed E-state index contributed by atoms with van der Waals surface area (Å²) in [5, 5.41) is 3.61. The first-order valence-corrected chi connectivity index (χ1v) is 19.4. The summed E-state index contributed by atoms with van der Waals surface area (Å²) in [6.07, 6.45) is 2.24. The number of piperazine rings is 2. The number of nitrogens with zero attached hydrogens (tertiary/aromatic N) is 6. The summed E-state index contributed by atoms with van der Waals surface area (Å²) in [7, 11) is 0. The van der Waals surface area contributed by atoms with E-state index in [1.165, 1.54) is 0 Å². The highest BCUT2D eigenvalue weighted by atomic mass is 16.6. The fourth-order valence-corrected chi connectivity index (χ4v) is 7.88. The molecule has 0 saturated carbocycles. The lowest BCUT2D eigenvalue weighted by Crippen LogP contribution is -2.55. The Morgan fingerprint density at radius 2 is 1.13 bits per heavy atom. The van der Waals surface area contributed by atoms with Crippen LogP contribution in [0, 0.1) is 11.8 Å². The van der Waals surface area contributed by atoms with E-state index in [0.717, 1.165) is 57.4 Å². The van der Waals surface area contributed by atoms with E-state index < -0.39 is 30.5 Å². The molecule has 4 amide bonds. The maximum absolute atomic E-state index is 13.4. The maximum atomic E-state index is 13.4. The molecular formula is C37H58N8O8. The molecule has 294 valence electrons. The van der Waals surface area contributed by atoms with Gasteiger partial charge < -0.3 is 38.5 Å². The molecule has 0 aromatic heterocycles. The molecule has 0 radical (unpaired) electrons. The Hall–Kier alpha value is -3.54. The topological polar surface area (TPSA) is 177 Å². The standard InChI is InChI=1S/C37H58N8O8/c38-44-11-6-28(7-12-44)24-33(46)40-15-19-42(20-16-40)36(48)52-27-32-35(51-26-30-4-2-1-3-5-30)31(10-23-50-32)53-37(49)43-21-17-41(18-22-43)34(47)25-29-8-13-45(39)14-9-29/h1-5,28-29,31-32,35H,6-27,38-39H2/t31-,32-,35+/m1/s1. The summed E-state index contributed by atoms with van der Waals surface area (Å²) < 4.78 is 24.3. The molecule has 5 fully saturated rings. The molecule has 6 rings (SSSR count). The van der Waals surface area contributed by atoms with Crippen LogP contribution in [0.15, 0.2) is 30.3 Å². The number of hydrazine groups is 2. The molecule has 0 unspecified atom stereocenters. The Balaban J connectivity index is 0.974. The van der Waals surface area contributed by atoms with Crippen LogP contribution >= 0.6 is 0 Å². The minimum Gasteiger partial charge on any atom is -0.447 e. The van der Waals surface area contributed by atoms with E-state index in [0.29, 0.717) is 90.1 Å². The quantitative estimate of drug-likeness (QED) is 0.329. The highest BCUT2D eigenvalue weighted by Crippen LogP contribution is 2.26. The van der Waals surface area contributed by atoms with Crippen LogP contribution in [-0.2, 0) is 35.1 Å². The van der Waals surface area contributed by atoms with Gasteiger partial charge in [0.15, 0.2) is 0 Å². The fourth-order valence-electron chi connectivity index (χ4n) is 7.88. The summed E-state index contributed by atoms with van der Waals surface area (Å²) in [5.74, 6) is 12.7. The van der Waals surface area contributed by atoms with E-state index in [1.54, 1.807) is 19.8 Å². The largest absolute Gasteiger partial charge is 0.447 e. The van der Waals surface area contributed by atoms with Gasteiger partial charge >= 0.3 is 12.2 Å². The molecule has 0 aliphatic carbocycles. The molecular weight excluding hydrogens is 684 g/mol.